The number of anilines is 1. The minimum atomic E-state index is -3.93. The first-order valence-electron chi connectivity index (χ1n) is 7.42. The number of nitrogens with two attached hydrogens (primary N) is 1. The molecular formula is C17H15ClN2O5S. The van der Waals surface area contributed by atoms with Crippen molar-refractivity contribution in [1.82, 2.24) is 0 Å². The van der Waals surface area contributed by atoms with Crippen molar-refractivity contribution in [2.24, 2.45) is 5.14 Å². The lowest BCUT2D eigenvalue weighted by atomic mass is 10.1. The molecule has 0 saturated heterocycles. The predicted octanol–water partition coefficient (Wildman–Crippen LogP) is 3.30. The lowest BCUT2D eigenvalue weighted by Crippen LogP contribution is -2.15. The van der Waals surface area contributed by atoms with Crippen LogP contribution in [0.25, 0.3) is 11.0 Å². The van der Waals surface area contributed by atoms with Gasteiger partial charge in [-0.1, -0.05) is 23.7 Å². The van der Waals surface area contributed by atoms with Gasteiger partial charge in [0.2, 0.25) is 10.0 Å². The van der Waals surface area contributed by atoms with E-state index >= 15 is 0 Å². The molecule has 0 saturated carbocycles. The van der Waals surface area contributed by atoms with Crippen molar-refractivity contribution in [3.63, 3.8) is 0 Å². The molecule has 0 unspecified atom stereocenters. The molecule has 7 nitrogen and oxygen atoms in total. The SMILES string of the molecule is COc1ccc(S(N)(=O)=O)cc1NC(=O)c1oc2c(Cl)cccc2c1C. The zero-order valence-electron chi connectivity index (χ0n) is 13.9. The number of hydrogen-bond donors (Lipinski definition) is 2. The lowest BCUT2D eigenvalue weighted by Gasteiger charge is -2.11. The number of aryl methyl sites for hydroxylation is 1. The number of furan rings is 1. The van der Waals surface area contributed by atoms with Crippen LogP contribution in [0.5, 0.6) is 5.75 Å². The molecule has 0 aliphatic carbocycles. The van der Waals surface area contributed by atoms with Crippen LogP contribution in [-0.4, -0.2) is 21.4 Å². The number of sulfonamides is 1. The second-order valence-electron chi connectivity index (χ2n) is 5.53. The highest BCUT2D eigenvalue weighted by molar-refractivity contribution is 7.89. The Morgan fingerprint density at radius 1 is 1.27 bits per heavy atom. The largest absolute Gasteiger partial charge is 0.495 e. The van der Waals surface area contributed by atoms with E-state index in [2.05, 4.69) is 5.32 Å². The number of ether oxygens (including phenoxy) is 1. The molecule has 1 amide bonds. The van der Waals surface area contributed by atoms with Crippen LogP contribution in [0.4, 0.5) is 5.69 Å². The maximum absolute atomic E-state index is 12.7. The molecule has 136 valence electrons. The maximum Gasteiger partial charge on any atom is 0.291 e. The average Bonchev–Trinajstić information content (AvgIpc) is 2.92. The summed E-state index contributed by atoms with van der Waals surface area (Å²) in [4.78, 5) is 12.5. The van der Waals surface area contributed by atoms with Crippen LogP contribution in [0, 0.1) is 6.92 Å². The highest BCUT2D eigenvalue weighted by Crippen LogP contribution is 2.32. The van der Waals surface area contributed by atoms with Gasteiger partial charge in [-0.05, 0) is 31.2 Å². The molecule has 0 fully saturated rings. The number of carbonyl (C=O) groups is 1. The fraction of sp³-hybridized carbons (Fsp3) is 0.118. The molecule has 1 aromatic heterocycles. The molecule has 3 rings (SSSR count). The second-order valence-corrected chi connectivity index (χ2v) is 7.50. The van der Waals surface area contributed by atoms with Crippen molar-refractivity contribution in [3.8, 4) is 5.75 Å². The van der Waals surface area contributed by atoms with E-state index in [9.17, 15) is 13.2 Å². The molecular weight excluding hydrogens is 380 g/mol. The molecule has 2 aromatic carbocycles. The number of benzene rings is 2. The summed E-state index contributed by atoms with van der Waals surface area (Å²) in [6.07, 6.45) is 0. The zero-order chi connectivity index (χ0) is 19.1. The maximum atomic E-state index is 12.7. The third kappa shape index (κ3) is 3.26. The highest BCUT2D eigenvalue weighted by Gasteiger charge is 2.21. The Morgan fingerprint density at radius 3 is 2.62 bits per heavy atom. The van der Waals surface area contributed by atoms with E-state index in [4.69, 9.17) is 25.9 Å². The summed E-state index contributed by atoms with van der Waals surface area (Å²) in [6, 6.07) is 9.12. The molecule has 0 aliphatic heterocycles. The molecule has 3 aromatic rings. The van der Waals surface area contributed by atoms with Crippen LogP contribution in [0.2, 0.25) is 5.02 Å². The van der Waals surface area contributed by atoms with Crippen molar-refractivity contribution in [3.05, 3.63) is 52.7 Å². The second kappa shape index (κ2) is 6.64. The lowest BCUT2D eigenvalue weighted by molar-refractivity contribution is 0.0997. The molecule has 0 radical (unpaired) electrons. The van der Waals surface area contributed by atoms with Gasteiger partial charge in [-0.15, -0.1) is 0 Å². The third-order valence-electron chi connectivity index (χ3n) is 3.87. The smallest absolute Gasteiger partial charge is 0.291 e. The Labute approximate surface area is 154 Å². The Morgan fingerprint density at radius 2 is 2.00 bits per heavy atom. The molecule has 26 heavy (non-hydrogen) atoms. The van der Waals surface area contributed by atoms with Gasteiger partial charge in [0.1, 0.15) is 5.75 Å². The standard InChI is InChI=1S/C17H15ClN2O5S/c1-9-11-4-3-5-12(18)16(11)25-15(9)17(21)20-13-8-10(26(19,22)23)6-7-14(13)24-2/h3-8H,1-2H3,(H,20,21)(H2,19,22,23). The zero-order valence-corrected chi connectivity index (χ0v) is 15.4. The number of halogens is 1. The first-order chi connectivity index (χ1) is 12.2. The Kier molecular flexibility index (Phi) is 4.66. The Bertz CT molecular complexity index is 1120. The number of carbonyl (C=O) groups excluding carboxylic acids is 1. The van der Waals surface area contributed by atoms with Gasteiger partial charge < -0.3 is 14.5 Å². The van der Waals surface area contributed by atoms with Crippen LogP contribution in [0.3, 0.4) is 0 Å². The van der Waals surface area contributed by atoms with E-state index in [1.54, 1.807) is 25.1 Å². The van der Waals surface area contributed by atoms with E-state index in [-0.39, 0.29) is 22.1 Å². The number of methoxy groups -OCH3 is 1. The number of primary sulfonamides is 1. The van der Waals surface area contributed by atoms with E-state index in [1.165, 1.54) is 25.3 Å². The minimum Gasteiger partial charge on any atom is -0.495 e. The summed E-state index contributed by atoms with van der Waals surface area (Å²) in [5.74, 6) is -0.228. The van der Waals surface area contributed by atoms with Gasteiger partial charge in [0.05, 0.1) is 22.7 Å². The van der Waals surface area contributed by atoms with Gasteiger partial charge in [-0.25, -0.2) is 13.6 Å². The highest BCUT2D eigenvalue weighted by atomic mass is 35.5. The van der Waals surface area contributed by atoms with Crippen molar-refractivity contribution < 1.29 is 22.4 Å². The van der Waals surface area contributed by atoms with E-state index in [1.807, 2.05) is 0 Å². The van der Waals surface area contributed by atoms with Crippen molar-refractivity contribution >= 4 is 44.2 Å². The van der Waals surface area contributed by atoms with Crippen molar-refractivity contribution in [2.45, 2.75) is 11.8 Å². The summed E-state index contributed by atoms with van der Waals surface area (Å²) in [6.45, 7) is 1.73. The minimum absolute atomic E-state index is 0.0659. The van der Waals surface area contributed by atoms with Gasteiger partial charge in [0.15, 0.2) is 11.3 Å². The number of para-hydroxylation sites is 1. The van der Waals surface area contributed by atoms with Crippen molar-refractivity contribution in [2.75, 3.05) is 12.4 Å². The van der Waals surface area contributed by atoms with E-state index in [0.717, 1.165) is 0 Å². The number of rotatable bonds is 4. The predicted molar refractivity (Wildman–Crippen MR) is 98.3 cm³/mol. The number of fused-ring (bicyclic) bond motifs is 1. The van der Waals surface area contributed by atoms with Gasteiger partial charge in [0.25, 0.3) is 5.91 Å². The number of hydrogen-bond acceptors (Lipinski definition) is 5. The fourth-order valence-corrected chi connectivity index (χ4v) is 3.32. The van der Waals surface area contributed by atoms with Crippen LogP contribution in [0.15, 0.2) is 45.7 Å². The quantitative estimate of drug-likeness (QED) is 0.705. The topological polar surface area (TPSA) is 112 Å². The first kappa shape index (κ1) is 18.2. The fourth-order valence-electron chi connectivity index (χ4n) is 2.57. The van der Waals surface area contributed by atoms with Crippen LogP contribution < -0.4 is 15.2 Å². The normalized spacial score (nSPS) is 11.5. The number of amides is 1. The monoisotopic (exact) mass is 394 g/mol. The molecule has 0 spiro atoms. The van der Waals surface area contributed by atoms with Crippen LogP contribution >= 0.6 is 11.6 Å². The Hall–Kier alpha value is -2.55. The summed E-state index contributed by atoms with van der Waals surface area (Å²) in [5.41, 5.74) is 1.17. The summed E-state index contributed by atoms with van der Waals surface area (Å²) >= 11 is 6.10. The van der Waals surface area contributed by atoms with Crippen LogP contribution in [0.1, 0.15) is 16.1 Å². The van der Waals surface area contributed by atoms with Gasteiger partial charge in [-0.3, -0.25) is 4.79 Å². The molecule has 0 atom stereocenters. The summed E-state index contributed by atoms with van der Waals surface area (Å²) in [7, 11) is -2.54. The van der Waals surface area contributed by atoms with Crippen molar-refractivity contribution in [1.29, 1.82) is 0 Å². The van der Waals surface area contributed by atoms with Crippen LogP contribution in [-0.2, 0) is 10.0 Å². The molecule has 3 N–H and O–H groups in total. The molecule has 9 heteroatoms. The summed E-state index contributed by atoms with van der Waals surface area (Å²) < 4.78 is 33.8. The van der Waals surface area contributed by atoms with E-state index < -0.39 is 15.9 Å². The average molecular weight is 395 g/mol. The Balaban J connectivity index is 2.03. The third-order valence-corrected chi connectivity index (χ3v) is 5.08. The molecule has 0 bridgehead atoms. The number of nitrogens with one attached hydrogen (secondary N) is 1. The van der Waals surface area contributed by atoms with Gasteiger partial charge in [-0.2, -0.15) is 0 Å². The molecule has 0 aliphatic rings. The molecule has 1 heterocycles. The first-order valence-corrected chi connectivity index (χ1v) is 9.34. The van der Waals surface area contributed by atoms with Gasteiger partial charge >= 0.3 is 0 Å². The van der Waals surface area contributed by atoms with Gasteiger partial charge in [0, 0.05) is 10.9 Å². The van der Waals surface area contributed by atoms with E-state index in [0.29, 0.717) is 21.6 Å². The summed E-state index contributed by atoms with van der Waals surface area (Å²) in [5, 5.41) is 8.83.